The van der Waals surface area contributed by atoms with Gasteiger partial charge in [0.2, 0.25) is 0 Å². The third-order valence-electron chi connectivity index (χ3n) is 5.08. The van der Waals surface area contributed by atoms with Gasteiger partial charge in [0.15, 0.2) is 0 Å². The molecule has 1 heterocycles. The fourth-order valence-electron chi connectivity index (χ4n) is 3.55. The van der Waals surface area contributed by atoms with Crippen molar-refractivity contribution in [2.24, 2.45) is 0 Å². The molecule has 0 radical (unpaired) electrons. The summed E-state index contributed by atoms with van der Waals surface area (Å²) in [4.78, 5) is 4.14. The van der Waals surface area contributed by atoms with Gasteiger partial charge >= 0.3 is 0 Å². The van der Waals surface area contributed by atoms with Gasteiger partial charge in [-0.3, -0.25) is 0 Å². The van der Waals surface area contributed by atoms with Crippen LogP contribution < -0.4 is 14.5 Å². The number of para-hydroxylation sites is 2. The molecule has 1 aliphatic rings. The van der Waals surface area contributed by atoms with E-state index in [1.807, 2.05) is 6.92 Å². The average Bonchev–Trinajstić information content (AvgIpc) is 2.64. The molecule has 0 spiro atoms. The van der Waals surface area contributed by atoms with Crippen LogP contribution in [0.5, 0.6) is 5.75 Å². The van der Waals surface area contributed by atoms with Gasteiger partial charge in [0.25, 0.3) is 0 Å². The normalized spacial score (nSPS) is 15.6. The Kier molecular flexibility index (Phi) is 5.98. The van der Waals surface area contributed by atoms with Crippen molar-refractivity contribution in [3.05, 3.63) is 59.7 Å². The molecule has 2 aromatic rings. The van der Waals surface area contributed by atoms with Crippen molar-refractivity contribution in [3.63, 3.8) is 0 Å². The minimum atomic E-state index is 0.607. The molecule has 0 atom stereocenters. The van der Waals surface area contributed by atoms with Crippen LogP contribution in [0.25, 0.3) is 0 Å². The first-order valence-electron chi connectivity index (χ1n) is 9.56. The van der Waals surface area contributed by atoms with Crippen LogP contribution in [0.1, 0.15) is 37.8 Å². The standard InChI is InChI=1S/C22H30N2O/c1-4-25-22-8-6-5-7-21(22)24-15-13-23(14-16-24)17-19-9-11-20(12-10-19)18(2)3/h5-12,18H,4,13-17H2,1-3H3/p+1. The van der Waals surface area contributed by atoms with E-state index < -0.39 is 0 Å². The molecule has 2 aromatic carbocycles. The van der Waals surface area contributed by atoms with E-state index in [2.05, 4.69) is 67.3 Å². The number of nitrogens with one attached hydrogen (secondary N) is 1. The molecule has 1 N–H and O–H groups in total. The Bertz CT molecular complexity index is 658. The molecule has 1 aliphatic heterocycles. The van der Waals surface area contributed by atoms with Crippen LogP contribution in [-0.2, 0) is 6.54 Å². The lowest BCUT2D eigenvalue weighted by molar-refractivity contribution is -0.914. The summed E-state index contributed by atoms with van der Waals surface area (Å²) in [6.07, 6.45) is 0. The SMILES string of the molecule is CCOc1ccccc1N1CC[NH+](Cc2ccc(C(C)C)cc2)CC1. The zero-order valence-electron chi connectivity index (χ0n) is 15.8. The maximum Gasteiger partial charge on any atom is 0.142 e. The maximum atomic E-state index is 5.79. The molecule has 0 bridgehead atoms. The van der Waals surface area contributed by atoms with Crippen molar-refractivity contribution < 1.29 is 9.64 Å². The van der Waals surface area contributed by atoms with Crippen molar-refractivity contribution in [3.8, 4) is 5.75 Å². The zero-order valence-corrected chi connectivity index (χ0v) is 15.8. The summed E-state index contributed by atoms with van der Waals surface area (Å²) in [5, 5.41) is 0. The Morgan fingerprint density at radius 2 is 1.68 bits per heavy atom. The van der Waals surface area contributed by atoms with Gasteiger partial charge in [-0.1, -0.05) is 50.2 Å². The largest absolute Gasteiger partial charge is 0.492 e. The van der Waals surface area contributed by atoms with Crippen LogP contribution in [0.2, 0.25) is 0 Å². The van der Waals surface area contributed by atoms with Gasteiger partial charge in [0, 0.05) is 5.56 Å². The Hall–Kier alpha value is -2.00. The topological polar surface area (TPSA) is 16.9 Å². The molecule has 1 fully saturated rings. The lowest BCUT2D eigenvalue weighted by atomic mass is 10.0. The van der Waals surface area contributed by atoms with Gasteiger partial charge in [-0.05, 0) is 30.5 Å². The van der Waals surface area contributed by atoms with Gasteiger partial charge in [-0.15, -0.1) is 0 Å². The highest BCUT2D eigenvalue weighted by Crippen LogP contribution is 2.27. The predicted molar refractivity (Wildman–Crippen MR) is 105 cm³/mol. The summed E-state index contributed by atoms with van der Waals surface area (Å²) in [6, 6.07) is 17.6. The van der Waals surface area contributed by atoms with Crippen LogP contribution in [0, 0.1) is 0 Å². The second kappa shape index (κ2) is 8.39. The summed E-state index contributed by atoms with van der Waals surface area (Å²) in [7, 11) is 0. The smallest absolute Gasteiger partial charge is 0.142 e. The Labute approximate surface area is 152 Å². The highest BCUT2D eigenvalue weighted by Gasteiger charge is 2.22. The van der Waals surface area contributed by atoms with E-state index in [4.69, 9.17) is 4.74 Å². The Morgan fingerprint density at radius 3 is 2.32 bits per heavy atom. The van der Waals surface area contributed by atoms with Crippen LogP contribution in [-0.4, -0.2) is 32.8 Å². The molecule has 0 unspecified atom stereocenters. The quantitative estimate of drug-likeness (QED) is 0.871. The molecule has 3 heteroatoms. The molecule has 25 heavy (non-hydrogen) atoms. The summed E-state index contributed by atoms with van der Waals surface area (Å²) in [5.74, 6) is 1.62. The molecule has 0 aliphatic carbocycles. The maximum absolute atomic E-state index is 5.79. The summed E-state index contributed by atoms with van der Waals surface area (Å²) < 4.78 is 5.79. The fraction of sp³-hybridized carbons (Fsp3) is 0.455. The number of piperazine rings is 1. The van der Waals surface area contributed by atoms with Crippen LogP contribution in [0.4, 0.5) is 5.69 Å². The number of anilines is 1. The number of hydrogen-bond donors (Lipinski definition) is 1. The number of rotatable bonds is 6. The lowest BCUT2D eigenvalue weighted by Gasteiger charge is -2.34. The number of ether oxygens (including phenoxy) is 1. The minimum Gasteiger partial charge on any atom is -0.492 e. The Balaban J connectivity index is 1.57. The van der Waals surface area contributed by atoms with Crippen molar-refractivity contribution in [2.45, 2.75) is 33.2 Å². The average molecular weight is 340 g/mol. The summed E-state index contributed by atoms with van der Waals surface area (Å²) in [6.45, 7) is 12.9. The van der Waals surface area contributed by atoms with E-state index in [-0.39, 0.29) is 0 Å². The highest BCUT2D eigenvalue weighted by molar-refractivity contribution is 5.58. The fourth-order valence-corrected chi connectivity index (χ4v) is 3.55. The highest BCUT2D eigenvalue weighted by atomic mass is 16.5. The van der Waals surface area contributed by atoms with Gasteiger partial charge in [-0.2, -0.15) is 0 Å². The van der Waals surface area contributed by atoms with E-state index in [9.17, 15) is 0 Å². The number of hydrogen-bond acceptors (Lipinski definition) is 2. The molecule has 0 saturated carbocycles. The first-order valence-corrected chi connectivity index (χ1v) is 9.56. The van der Waals surface area contributed by atoms with E-state index >= 15 is 0 Å². The molecular weight excluding hydrogens is 308 g/mol. The second-order valence-corrected chi connectivity index (χ2v) is 7.21. The van der Waals surface area contributed by atoms with E-state index in [0.717, 1.165) is 25.4 Å². The van der Waals surface area contributed by atoms with Crippen LogP contribution in [0.15, 0.2) is 48.5 Å². The molecule has 134 valence electrons. The zero-order chi connectivity index (χ0) is 17.6. The first kappa shape index (κ1) is 17.8. The predicted octanol–water partition coefficient (Wildman–Crippen LogP) is 3.11. The number of nitrogens with zero attached hydrogens (tertiary/aromatic N) is 1. The minimum absolute atomic E-state index is 0.607. The Morgan fingerprint density at radius 1 is 1.00 bits per heavy atom. The summed E-state index contributed by atoms with van der Waals surface area (Å²) >= 11 is 0. The van der Waals surface area contributed by atoms with E-state index in [0.29, 0.717) is 12.5 Å². The molecule has 3 nitrogen and oxygen atoms in total. The molecule has 0 amide bonds. The van der Waals surface area contributed by atoms with Crippen molar-refractivity contribution in [1.82, 2.24) is 0 Å². The first-order chi connectivity index (χ1) is 12.2. The van der Waals surface area contributed by atoms with Gasteiger partial charge < -0.3 is 14.5 Å². The monoisotopic (exact) mass is 339 g/mol. The third kappa shape index (κ3) is 4.55. The second-order valence-electron chi connectivity index (χ2n) is 7.21. The van der Waals surface area contributed by atoms with Gasteiger partial charge in [0.05, 0.1) is 38.5 Å². The van der Waals surface area contributed by atoms with E-state index in [1.54, 1.807) is 4.90 Å². The van der Waals surface area contributed by atoms with Gasteiger partial charge in [-0.25, -0.2) is 0 Å². The summed E-state index contributed by atoms with van der Waals surface area (Å²) in [5.41, 5.74) is 4.11. The molecule has 0 aromatic heterocycles. The van der Waals surface area contributed by atoms with Crippen molar-refractivity contribution in [2.75, 3.05) is 37.7 Å². The van der Waals surface area contributed by atoms with Crippen molar-refractivity contribution >= 4 is 5.69 Å². The van der Waals surface area contributed by atoms with Crippen LogP contribution in [0.3, 0.4) is 0 Å². The van der Waals surface area contributed by atoms with Crippen molar-refractivity contribution in [1.29, 1.82) is 0 Å². The third-order valence-corrected chi connectivity index (χ3v) is 5.08. The molecule has 3 rings (SSSR count). The molecular formula is C22H31N2O+. The van der Waals surface area contributed by atoms with E-state index in [1.165, 1.54) is 29.9 Å². The van der Waals surface area contributed by atoms with Gasteiger partial charge in [0.1, 0.15) is 12.3 Å². The lowest BCUT2D eigenvalue weighted by Crippen LogP contribution is -3.13. The van der Waals surface area contributed by atoms with Crippen LogP contribution >= 0.6 is 0 Å². The number of benzene rings is 2. The molecule has 1 saturated heterocycles. The number of quaternary nitrogens is 1.